The molecule has 2 rings (SSSR count). The molecule has 0 aromatic heterocycles. The molecule has 0 saturated heterocycles. The summed E-state index contributed by atoms with van der Waals surface area (Å²) in [5.74, 6) is 0.635. The maximum atomic E-state index is 11.8. The van der Waals surface area contributed by atoms with Gasteiger partial charge in [0.15, 0.2) is 6.10 Å². The second-order valence-electron chi connectivity index (χ2n) is 4.91. The van der Waals surface area contributed by atoms with Gasteiger partial charge >= 0.3 is 0 Å². The van der Waals surface area contributed by atoms with E-state index in [9.17, 15) is 4.79 Å². The highest BCUT2D eigenvalue weighted by Crippen LogP contribution is 2.26. The zero-order chi connectivity index (χ0) is 13.3. The molecule has 1 aromatic carbocycles. The lowest BCUT2D eigenvalue weighted by Crippen LogP contribution is -2.37. The van der Waals surface area contributed by atoms with Gasteiger partial charge < -0.3 is 10.1 Å². The van der Waals surface area contributed by atoms with Gasteiger partial charge in [-0.25, -0.2) is 0 Å². The third-order valence-corrected chi connectivity index (χ3v) is 3.61. The standard InChI is InChI=1S/C14H18ClNO2/c1-8-6-12(7-9(2)13(8)15)18-10(3)14(17)16-11-4-5-11/h6-7,10-11H,4-5H2,1-3H3,(H,16,17). The summed E-state index contributed by atoms with van der Waals surface area (Å²) in [6.45, 7) is 5.62. The van der Waals surface area contributed by atoms with Gasteiger partial charge in [-0.2, -0.15) is 0 Å². The summed E-state index contributed by atoms with van der Waals surface area (Å²) in [5.41, 5.74) is 1.92. The predicted octanol–water partition coefficient (Wildman–Crippen LogP) is 3.00. The molecule has 1 unspecified atom stereocenters. The number of benzene rings is 1. The minimum atomic E-state index is -0.481. The number of rotatable bonds is 4. The highest BCUT2D eigenvalue weighted by atomic mass is 35.5. The Balaban J connectivity index is 2.01. The highest BCUT2D eigenvalue weighted by molar-refractivity contribution is 6.32. The van der Waals surface area contributed by atoms with Crippen LogP contribution in [0, 0.1) is 13.8 Å². The molecule has 18 heavy (non-hydrogen) atoms. The van der Waals surface area contributed by atoms with E-state index < -0.39 is 6.10 Å². The number of amides is 1. The van der Waals surface area contributed by atoms with Gasteiger partial charge in [0.05, 0.1) is 0 Å². The van der Waals surface area contributed by atoms with Crippen molar-refractivity contribution >= 4 is 17.5 Å². The van der Waals surface area contributed by atoms with Crippen molar-refractivity contribution in [2.24, 2.45) is 0 Å². The topological polar surface area (TPSA) is 38.3 Å². The van der Waals surface area contributed by atoms with Crippen LogP contribution in [0.4, 0.5) is 0 Å². The first-order chi connectivity index (χ1) is 8.47. The summed E-state index contributed by atoms with van der Waals surface area (Å²) < 4.78 is 5.65. The largest absolute Gasteiger partial charge is 0.481 e. The van der Waals surface area contributed by atoms with E-state index in [1.807, 2.05) is 26.0 Å². The summed E-state index contributed by atoms with van der Waals surface area (Å²) in [5, 5.41) is 3.67. The summed E-state index contributed by atoms with van der Waals surface area (Å²) >= 11 is 6.09. The van der Waals surface area contributed by atoms with E-state index in [-0.39, 0.29) is 5.91 Å². The Morgan fingerprint density at radius 3 is 2.44 bits per heavy atom. The molecule has 0 radical (unpaired) electrons. The summed E-state index contributed by atoms with van der Waals surface area (Å²) in [6.07, 6.45) is 1.68. The minimum absolute atomic E-state index is 0.0530. The minimum Gasteiger partial charge on any atom is -0.481 e. The van der Waals surface area contributed by atoms with Gasteiger partial charge in [0.1, 0.15) is 5.75 Å². The molecule has 1 fully saturated rings. The smallest absolute Gasteiger partial charge is 0.260 e. The van der Waals surface area contributed by atoms with Crippen LogP contribution in [0.25, 0.3) is 0 Å². The number of halogens is 1. The lowest BCUT2D eigenvalue weighted by Gasteiger charge is -2.16. The first-order valence-electron chi connectivity index (χ1n) is 6.21. The summed E-state index contributed by atoms with van der Waals surface area (Å²) in [4.78, 5) is 11.8. The van der Waals surface area contributed by atoms with Gasteiger partial charge in [0, 0.05) is 11.1 Å². The second-order valence-corrected chi connectivity index (χ2v) is 5.29. The van der Waals surface area contributed by atoms with E-state index in [2.05, 4.69) is 5.32 Å². The number of ether oxygens (including phenoxy) is 1. The van der Waals surface area contributed by atoms with E-state index in [1.165, 1.54) is 0 Å². The second kappa shape index (κ2) is 5.19. The average molecular weight is 268 g/mol. The molecule has 3 nitrogen and oxygen atoms in total. The van der Waals surface area contributed by atoms with Crippen molar-refractivity contribution in [1.82, 2.24) is 5.32 Å². The summed E-state index contributed by atoms with van der Waals surface area (Å²) in [6, 6.07) is 4.07. The zero-order valence-corrected chi connectivity index (χ0v) is 11.7. The van der Waals surface area contributed by atoms with Crippen molar-refractivity contribution in [3.63, 3.8) is 0 Å². The average Bonchev–Trinajstić information content (AvgIpc) is 3.09. The Morgan fingerprint density at radius 2 is 1.94 bits per heavy atom. The molecule has 1 atom stereocenters. The fraction of sp³-hybridized carbons (Fsp3) is 0.500. The molecule has 98 valence electrons. The molecule has 0 spiro atoms. The monoisotopic (exact) mass is 267 g/mol. The number of carbonyl (C=O) groups excluding carboxylic acids is 1. The maximum Gasteiger partial charge on any atom is 0.260 e. The Morgan fingerprint density at radius 1 is 1.39 bits per heavy atom. The van der Waals surface area contributed by atoms with Crippen LogP contribution in [0.3, 0.4) is 0 Å². The van der Waals surface area contributed by atoms with E-state index >= 15 is 0 Å². The van der Waals surface area contributed by atoms with Crippen molar-refractivity contribution in [2.45, 2.75) is 45.8 Å². The molecule has 0 bridgehead atoms. The first-order valence-corrected chi connectivity index (χ1v) is 6.59. The molecule has 4 heteroatoms. The molecular weight excluding hydrogens is 250 g/mol. The van der Waals surface area contributed by atoms with Crippen LogP contribution in [-0.4, -0.2) is 18.1 Å². The number of hydrogen-bond acceptors (Lipinski definition) is 2. The van der Waals surface area contributed by atoms with Gasteiger partial charge in [0.25, 0.3) is 5.91 Å². The van der Waals surface area contributed by atoms with E-state index in [0.29, 0.717) is 11.8 Å². The van der Waals surface area contributed by atoms with Crippen molar-refractivity contribution in [3.8, 4) is 5.75 Å². The van der Waals surface area contributed by atoms with Crippen LogP contribution in [0.2, 0.25) is 5.02 Å². The number of nitrogens with one attached hydrogen (secondary N) is 1. The van der Waals surface area contributed by atoms with Gasteiger partial charge in [-0.15, -0.1) is 0 Å². The zero-order valence-electron chi connectivity index (χ0n) is 10.9. The molecule has 1 aliphatic rings. The lowest BCUT2D eigenvalue weighted by atomic mass is 10.1. The molecule has 1 aromatic rings. The third-order valence-electron chi connectivity index (χ3n) is 3.02. The van der Waals surface area contributed by atoms with Crippen LogP contribution in [0.1, 0.15) is 30.9 Å². The van der Waals surface area contributed by atoms with Gasteiger partial charge in [0.2, 0.25) is 0 Å². The molecule has 1 amide bonds. The Hall–Kier alpha value is -1.22. The van der Waals surface area contributed by atoms with Crippen molar-refractivity contribution in [3.05, 3.63) is 28.3 Å². The molecule has 1 N–H and O–H groups in total. The number of hydrogen-bond donors (Lipinski definition) is 1. The molecular formula is C14H18ClNO2. The SMILES string of the molecule is Cc1cc(OC(C)C(=O)NC2CC2)cc(C)c1Cl. The van der Waals surface area contributed by atoms with Crippen molar-refractivity contribution in [2.75, 3.05) is 0 Å². The first kappa shape index (κ1) is 13.2. The third kappa shape index (κ3) is 3.16. The van der Waals surface area contributed by atoms with Gasteiger partial charge in [-0.1, -0.05) is 11.6 Å². The van der Waals surface area contributed by atoms with E-state index in [4.69, 9.17) is 16.3 Å². The van der Waals surface area contributed by atoms with Gasteiger partial charge in [-0.3, -0.25) is 4.79 Å². The maximum absolute atomic E-state index is 11.8. The molecule has 0 heterocycles. The van der Waals surface area contributed by atoms with Crippen LogP contribution in [0.5, 0.6) is 5.75 Å². The van der Waals surface area contributed by atoms with Crippen LogP contribution in [-0.2, 0) is 4.79 Å². The molecule has 0 aliphatic heterocycles. The fourth-order valence-corrected chi connectivity index (χ4v) is 1.89. The quantitative estimate of drug-likeness (QED) is 0.911. The van der Waals surface area contributed by atoms with Crippen molar-refractivity contribution < 1.29 is 9.53 Å². The van der Waals surface area contributed by atoms with Gasteiger partial charge in [-0.05, 0) is 56.9 Å². The molecule has 1 aliphatic carbocycles. The number of carbonyl (C=O) groups is 1. The lowest BCUT2D eigenvalue weighted by molar-refractivity contribution is -0.127. The Labute approximate surface area is 112 Å². The normalized spacial score (nSPS) is 16.2. The Kier molecular flexibility index (Phi) is 3.81. The molecule has 1 saturated carbocycles. The highest BCUT2D eigenvalue weighted by Gasteiger charge is 2.26. The predicted molar refractivity (Wildman–Crippen MR) is 72.2 cm³/mol. The van der Waals surface area contributed by atoms with Crippen LogP contribution >= 0.6 is 11.6 Å². The number of aryl methyl sites for hydroxylation is 2. The van der Waals surface area contributed by atoms with E-state index in [1.54, 1.807) is 6.92 Å². The van der Waals surface area contributed by atoms with E-state index in [0.717, 1.165) is 29.0 Å². The van der Waals surface area contributed by atoms with Crippen molar-refractivity contribution in [1.29, 1.82) is 0 Å². The Bertz CT molecular complexity index is 446. The van der Waals surface area contributed by atoms with Crippen LogP contribution < -0.4 is 10.1 Å². The summed E-state index contributed by atoms with van der Waals surface area (Å²) in [7, 11) is 0. The van der Waals surface area contributed by atoms with Crippen LogP contribution in [0.15, 0.2) is 12.1 Å². The fourth-order valence-electron chi connectivity index (χ4n) is 1.78.